The summed E-state index contributed by atoms with van der Waals surface area (Å²) in [7, 11) is 0. The maximum Gasteiger partial charge on any atom is 0.241 e. The van der Waals surface area contributed by atoms with Crippen LogP contribution in [0.15, 0.2) is 42.6 Å². The Bertz CT molecular complexity index is 490. The molecule has 0 saturated heterocycles. The highest BCUT2D eigenvalue weighted by molar-refractivity contribution is 5.75. The van der Waals surface area contributed by atoms with Gasteiger partial charge in [0.15, 0.2) is 0 Å². The highest BCUT2D eigenvalue weighted by Crippen LogP contribution is 1.97. The fraction of sp³-hybridized carbons (Fsp3) is 0.231. The van der Waals surface area contributed by atoms with Crippen molar-refractivity contribution >= 4 is 5.91 Å². The fourth-order valence-electron chi connectivity index (χ4n) is 1.55. The lowest BCUT2D eigenvalue weighted by Crippen LogP contribution is -2.27. The van der Waals surface area contributed by atoms with Crippen molar-refractivity contribution in [3.63, 3.8) is 0 Å². The quantitative estimate of drug-likeness (QED) is 0.863. The van der Waals surface area contributed by atoms with Crippen molar-refractivity contribution in [3.8, 4) is 0 Å². The topological polar surface area (TPSA) is 46.9 Å². The molecule has 4 heteroatoms. The molecule has 0 fully saturated rings. The number of nitrogens with one attached hydrogen (secondary N) is 1. The van der Waals surface area contributed by atoms with Crippen molar-refractivity contribution in [3.05, 3.63) is 53.9 Å². The molecule has 0 bridgehead atoms. The number of hydrogen-bond donors (Lipinski definition) is 1. The lowest BCUT2D eigenvalue weighted by molar-refractivity contribution is -0.122. The van der Waals surface area contributed by atoms with Crippen LogP contribution < -0.4 is 5.32 Å². The van der Waals surface area contributed by atoms with Gasteiger partial charge in [-0.1, -0.05) is 30.3 Å². The summed E-state index contributed by atoms with van der Waals surface area (Å²) < 4.78 is 1.63. The van der Waals surface area contributed by atoms with Crippen LogP contribution in [-0.4, -0.2) is 15.7 Å². The van der Waals surface area contributed by atoms with Gasteiger partial charge in [0, 0.05) is 12.7 Å². The van der Waals surface area contributed by atoms with Crippen LogP contribution in [0.1, 0.15) is 11.3 Å². The normalized spacial score (nSPS) is 10.2. The molecule has 1 aromatic heterocycles. The first-order valence-corrected chi connectivity index (χ1v) is 5.55. The van der Waals surface area contributed by atoms with Crippen LogP contribution in [0.25, 0.3) is 0 Å². The zero-order valence-electron chi connectivity index (χ0n) is 9.76. The molecule has 2 aromatic rings. The van der Waals surface area contributed by atoms with Gasteiger partial charge < -0.3 is 5.32 Å². The van der Waals surface area contributed by atoms with Gasteiger partial charge in [-0.25, -0.2) is 0 Å². The van der Waals surface area contributed by atoms with Gasteiger partial charge in [0.05, 0.1) is 5.69 Å². The average Bonchev–Trinajstić information content (AvgIpc) is 2.73. The molecule has 0 radical (unpaired) electrons. The Morgan fingerprint density at radius 1 is 1.29 bits per heavy atom. The highest BCUT2D eigenvalue weighted by Gasteiger charge is 2.03. The van der Waals surface area contributed by atoms with Gasteiger partial charge in [0.1, 0.15) is 6.54 Å². The van der Waals surface area contributed by atoms with E-state index in [4.69, 9.17) is 0 Å². The number of aryl methyl sites for hydroxylation is 1. The minimum absolute atomic E-state index is 0.0306. The van der Waals surface area contributed by atoms with E-state index in [0.29, 0.717) is 6.54 Å². The summed E-state index contributed by atoms with van der Waals surface area (Å²) in [4.78, 5) is 11.6. The fourth-order valence-corrected chi connectivity index (χ4v) is 1.55. The molecule has 0 unspecified atom stereocenters. The molecule has 0 aliphatic rings. The molecule has 17 heavy (non-hydrogen) atoms. The van der Waals surface area contributed by atoms with Gasteiger partial charge >= 0.3 is 0 Å². The Balaban J connectivity index is 1.82. The van der Waals surface area contributed by atoms with E-state index in [9.17, 15) is 4.79 Å². The molecule has 0 saturated carbocycles. The van der Waals surface area contributed by atoms with Gasteiger partial charge in [0.2, 0.25) is 5.91 Å². The summed E-state index contributed by atoms with van der Waals surface area (Å²) >= 11 is 0. The maximum absolute atomic E-state index is 11.6. The third-order valence-corrected chi connectivity index (χ3v) is 2.41. The van der Waals surface area contributed by atoms with Gasteiger partial charge in [-0.05, 0) is 18.6 Å². The number of nitrogens with zero attached hydrogens (tertiary/aromatic N) is 2. The molecule has 1 aromatic carbocycles. The number of carbonyl (C=O) groups excluding carboxylic acids is 1. The number of rotatable bonds is 4. The van der Waals surface area contributed by atoms with Crippen molar-refractivity contribution in [2.24, 2.45) is 0 Å². The Kier molecular flexibility index (Phi) is 3.55. The van der Waals surface area contributed by atoms with Crippen molar-refractivity contribution in [2.45, 2.75) is 20.0 Å². The molecule has 4 nitrogen and oxygen atoms in total. The zero-order chi connectivity index (χ0) is 12.1. The van der Waals surface area contributed by atoms with E-state index in [2.05, 4.69) is 10.4 Å². The van der Waals surface area contributed by atoms with Crippen molar-refractivity contribution in [1.82, 2.24) is 15.1 Å². The largest absolute Gasteiger partial charge is 0.350 e. The summed E-state index contributed by atoms with van der Waals surface area (Å²) in [5.74, 6) is -0.0306. The van der Waals surface area contributed by atoms with Gasteiger partial charge in [-0.15, -0.1) is 0 Å². The molecular formula is C13H15N3O. The molecule has 1 amide bonds. The van der Waals surface area contributed by atoms with Gasteiger partial charge in [-0.3, -0.25) is 9.48 Å². The minimum atomic E-state index is -0.0306. The summed E-state index contributed by atoms with van der Waals surface area (Å²) in [6, 6.07) is 11.7. The predicted molar refractivity (Wildman–Crippen MR) is 65.3 cm³/mol. The van der Waals surface area contributed by atoms with Crippen molar-refractivity contribution < 1.29 is 4.79 Å². The van der Waals surface area contributed by atoms with Crippen LogP contribution in [-0.2, 0) is 17.9 Å². The second-order valence-corrected chi connectivity index (χ2v) is 3.92. The summed E-state index contributed by atoms with van der Waals surface area (Å²) in [5, 5.41) is 7.02. The zero-order valence-corrected chi connectivity index (χ0v) is 9.76. The molecule has 88 valence electrons. The van der Waals surface area contributed by atoms with E-state index in [1.807, 2.05) is 43.3 Å². The van der Waals surface area contributed by atoms with E-state index in [-0.39, 0.29) is 12.5 Å². The number of amides is 1. The predicted octanol–water partition coefficient (Wildman–Crippen LogP) is 1.51. The van der Waals surface area contributed by atoms with Crippen LogP contribution in [0.2, 0.25) is 0 Å². The summed E-state index contributed by atoms with van der Waals surface area (Å²) in [6.07, 6.45) is 1.80. The van der Waals surface area contributed by atoms with Crippen LogP contribution in [0.3, 0.4) is 0 Å². The molecule has 0 aliphatic carbocycles. The first-order valence-electron chi connectivity index (χ1n) is 5.55. The van der Waals surface area contributed by atoms with Crippen LogP contribution in [0.5, 0.6) is 0 Å². The molecule has 0 aliphatic heterocycles. The highest BCUT2D eigenvalue weighted by atomic mass is 16.2. The van der Waals surface area contributed by atoms with E-state index < -0.39 is 0 Å². The smallest absolute Gasteiger partial charge is 0.241 e. The monoisotopic (exact) mass is 229 g/mol. The number of benzene rings is 1. The standard InChI is InChI=1S/C13H15N3O/c1-11-7-8-16(15-11)10-13(17)14-9-12-5-3-2-4-6-12/h2-8H,9-10H2,1H3,(H,14,17). The number of carbonyl (C=O) groups is 1. The second-order valence-electron chi connectivity index (χ2n) is 3.92. The van der Waals surface area contributed by atoms with Crippen LogP contribution in [0, 0.1) is 6.92 Å². The first-order chi connectivity index (χ1) is 8.24. The Morgan fingerprint density at radius 3 is 2.71 bits per heavy atom. The first kappa shape index (κ1) is 11.4. The van der Waals surface area contributed by atoms with Gasteiger partial charge in [-0.2, -0.15) is 5.10 Å². The van der Waals surface area contributed by atoms with E-state index in [0.717, 1.165) is 11.3 Å². The van der Waals surface area contributed by atoms with Crippen LogP contribution >= 0.6 is 0 Å². The van der Waals surface area contributed by atoms with E-state index >= 15 is 0 Å². The van der Waals surface area contributed by atoms with Crippen molar-refractivity contribution in [1.29, 1.82) is 0 Å². The molecular weight excluding hydrogens is 214 g/mol. The summed E-state index contributed by atoms with van der Waals surface area (Å²) in [5.41, 5.74) is 2.01. The van der Waals surface area contributed by atoms with E-state index in [1.165, 1.54) is 0 Å². The van der Waals surface area contributed by atoms with Crippen LogP contribution in [0.4, 0.5) is 0 Å². The molecule has 0 spiro atoms. The molecule has 0 atom stereocenters. The Labute approximate surface area is 100 Å². The number of aromatic nitrogens is 2. The second kappa shape index (κ2) is 5.30. The summed E-state index contributed by atoms with van der Waals surface area (Å²) in [6.45, 7) is 2.72. The maximum atomic E-state index is 11.6. The van der Waals surface area contributed by atoms with Crippen molar-refractivity contribution in [2.75, 3.05) is 0 Å². The third-order valence-electron chi connectivity index (χ3n) is 2.41. The Morgan fingerprint density at radius 2 is 2.06 bits per heavy atom. The Hall–Kier alpha value is -2.10. The lowest BCUT2D eigenvalue weighted by atomic mass is 10.2. The average molecular weight is 229 g/mol. The minimum Gasteiger partial charge on any atom is -0.350 e. The molecule has 1 N–H and O–H groups in total. The number of hydrogen-bond acceptors (Lipinski definition) is 2. The molecule has 1 heterocycles. The SMILES string of the molecule is Cc1ccn(CC(=O)NCc2ccccc2)n1. The molecule has 2 rings (SSSR count). The van der Waals surface area contributed by atoms with E-state index in [1.54, 1.807) is 10.9 Å². The lowest BCUT2D eigenvalue weighted by Gasteiger charge is -2.05. The third kappa shape index (κ3) is 3.45. The van der Waals surface area contributed by atoms with Gasteiger partial charge in [0.25, 0.3) is 0 Å².